The lowest BCUT2D eigenvalue weighted by molar-refractivity contribution is 0.460. The Morgan fingerprint density at radius 3 is 2.68 bits per heavy atom. The van der Waals surface area contributed by atoms with E-state index in [1.54, 1.807) is 11.6 Å². The standard InChI is InChI=1S/C11H12ClN3O2S2/c1-15(6-10-7-18-8-14-10)19(16,17)11-3-2-9(4-12)5-13-11/h2-3,5,7-8H,4,6H2,1H3. The Morgan fingerprint density at radius 1 is 1.37 bits per heavy atom. The molecule has 102 valence electrons. The van der Waals surface area contributed by atoms with Crippen molar-refractivity contribution >= 4 is 33.0 Å². The Hall–Kier alpha value is -1.02. The molecule has 0 amide bonds. The summed E-state index contributed by atoms with van der Waals surface area (Å²) in [6.07, 6.45) is 1.47. The summed E-state index contributed by atoms with van der Waals surface area (Å²) in [4.78, 5) is 8.01. The highest BCUT2D eigenvalue weighted by Crippen LogP contribution is 2.15. The van der Waals surface area contributed by atoms with Crippen LogP contribution in [0.3, 0.4) is 0 Å². The number of pyridine rings is 1. The Bertz CT molecular complexity index is 626. The quantitative estimate of drug-likeness (QED) is 0.792. The number of hydrogen-bond acceptors (Lipinski definition) is 5. The van der Waals surface area contributed by atoms with Crippen LogP contribution in [0, 0.1) is 0 Å². The van der Waals surface area contributed by atoms with Crippen LogP contribution in [-0.4, -0.2) is 29.7 Å². The van der Waals surface area contributed by atoms with E-state index in [1.165, 1.54) is 35.0 Å². The first-order valence-corrected chi connectivity index (χ1v) is 8.30. The zero-order valence-electron chi connectivity index (χ0n) is 10.2. The third-order valence-corrected chi connectivity index (χ3v) is 5.16. The molecule has 0 aromatic carbocycles. The van der Waals surface area contributed by atoms with E-state index in [2.05, 4.69) is 9.97 Å². The molecule has 0 unspecified atom stereocenters. The first kappa shape index (κ1) is 14.4. The summed E-state index contributed by atoms with van der Waals surface area (Å²) in [5.41, 5.74) is 3.17. The van der Waals surface area contributed by atoms with Gasteiger partial charge in [0.15, 0.2) is 5.03 Å². The van der Waals surface area contributed by atoms with Gasteiger partial charge in [-0.2, -0.15) is 4.31 Å². The van der Waals surface area contributed by atoms with Crippen LogP contribution in [0.1, 0.15) is 11.3 Å². The third kappa shape index (κ3) is 3.30. The molecule has 0 N–H and O–H groups in total. The fraction of sp³-hybridized carbons (Fsp3) is 0.273. The van der Waals surface area contributed by atoms with Gasteiger partial charge in [-0.25, -0.2) is 18.4 Å². The van der Waals surface area contributed by atoms with Gasteiger partial charge in [-0.3, -0.25) is 0 Å². The zero-order chi connectivity index (χ0) is 13.9. The summed E-state index contributed by atoms with van der Waals surface area (Å²) < 4.78 is 25.8. The molecule has 0 spiro atoms. The number of hydrogen-bond donors (Lipinski definition) is 0. The van der Waals surface area contributed by atoms with Gasteiger partial charge in [-0.15, -0.1) is 22.9 Å². The average molecular weight is 318 g/mol. The van der Waals surface area contributed by atoms with Gasteiger partial charge in [0.25, 0.3) is 10.0 Å². The summed E-state index contributed by atoms with van der Waals surface area (Å²) in [5, 5.41) is 1.83. The van der Waals surface area contributed by atoms with Gasteiger partial charge >= 0.3 is 0 Å². The largest absolute Gasteiger partial charge is 0.260 e. The second-order valence-electron chi connectivity index (χ2n) is 3.88. The van der Waals surface area contributed by atoms with Gasteiger partial charge < -0.3 is 0 Å². The van der Waals surface area contributed by atoms with Crippen LogP contribution >= 0.6 is 22.9 Å². The van der Waals surface area contributed by atoms with Crippen LogP contribution in [0.15, 0.2) is 34.2 Å². The number of halogens is 1. The Balaban J connectivity index is 2.20. The monoisotopic (exact) mass is 317 g/mol. The minimum absolute atomic E-state index is 0.0131. The average Bonchev–Trinajstić information content (AvgIpc) is 2.91. The highest BCUT2D eigenvalue weighted by atomic mass is 35.5. The van der Waals surface area contributed by atoms with Crippen molar-refractivity contribution in [2.45, 2.75) is 17.5 Å². The van der Waals surface area contributed by atoms with Crippen LogP contribution in [0.2, 0.25) is 0 Å². The first-order chi connectivity index (χ1) is 9.04. The van der Waals surface area contributed by atoms with E-state index in [1.807, 2.05) is 5.38 Å². The maximum atomic E-state index is 12.3. The number of alkyl halides is 1. The molecule has 0 saturated carbocycles. The molecule has 2 aromatic heterocycles. The third-order valence-electron chi connectivity index (χ3n) is 2.49. The van der Waals surface area contributed by atoms with Crippen molar-refractivity contribution in [3.63, 3.8) is 0 Å². The molecule has 8 heteroatoms. The molecule has 2 heterocycles. The molecule has 0 aliphatic heterocycles. The molecule has 0 atom stereocenters. The maximum Gasteiger partial charge on any atom is 0.260 e. The summed E-state index contributed by atoms with van der Waals surface area (Å²) in [5.74, 6) is 0.308. The van der Waals surface area contributed by atoms with Gasteiger partial charge in [0.05, 0.1) is 17.7 Å². The zero-order valence-corrected chi connectivity index (χ0v) is 12.5. The van der Waals surface area contributed by atoms with Gasteiger partial charge in [0.1, 0.15) is 0 Å². The van der Waals surface area contributed by atoms with E-state index in [0.29, 0.717) is 11.6 Å². The smallest absolute Gasteiger partial charge is 0.248 e. The Morgan fingerprint density at radius 2 is 2.16 bits per heavy atom. The molecule has 0 fully saturated rings. The maximum absolute atomic E-state index is 12.3. The minimum atomic E-state index is -3.60. The van der Waals surface area contributed by atoms with E-state index in [-0.39, 0.29) is 11.6 Å². The van der Waals surface area contributed by atoms with E-state index in [9.17, 15) is 8.42 Å². The molecule has 0 aliphatic rings. The lowest BCUT2D eigenvalue weighted by Crippen LogP contribution is -2.27. The first-order valence-electron chi connectivity index (χ1n) is 5.38. The van der Waals surface area contributed by atoms with Crippen LogP contribution in [-0.2, 0) is 22.4 Å². The van der Waals surface area contributed by atoms with Crippen molar-refractivity contribution in [3.05, 3.63) is 40.5 Å². The molecule has 19 heavy (non-hydrogen) atoms. The predicted octanol–water partition coefficient (Wildman–Crippen LogP) is 2.10. The Kier molecular flexibility index (Phi) is 4.51. The number of thiazole rings is 1. The van der Waals surface area contributed by atoms with Gasteiger partial charge in [-0.05, 0) is 11.6 Å². The van der Waals surface area contributed by atoms with Crippen molar-refractivity contribution < 1.29 is 8.42 Å². The highest BCUT2D eigenvalue weighted by Gasteiger charge is 2.22. The SMILES string of the molecule is CN(Cc1cscn1)S(=O)(=O)c1ccc(CCl)cn1. The van der Waals surface area contributed by atoms with E-state index < -0.39 is 10.0 Å². The molecule has 0 saturated heterocycles. The van der Waals surface area contributed by atoms with Crippen molar-refractivity contribution in [1.82, 2.24) is 14.3 Å². The molecule has 2 aromatic rings. The molecule has 0 bridgehead atoms. The van der Waals surface area contributed by atoms with Crippen LogP contribution in [0.25, 0.3) is 0 Å². The van der Waals surface area contributed by atoms with E-state index in [0.717, 1.165) is 5.56 Å². The topological polar surface area (TPSA) is 63.2 Å². The van der Waals surface area contributed by atoms with E-state index in [4.69, 9.17) is 11.6 Å². The number of sulfonamides is 1. The molecular weight excluding hydrogens is 306 g/mol. The normalized spacial score (nSPS) is 11.9. The van der Waals surface area contributed by atoms with Crippen molar-refractivity contribution in [1.29, 1.82) is 0 Å². The fourth-order valence-corrected chi connectivity index (χ4v) is 3.19. The Labute approximate surface area is 120 Å². The second kappa shape index (κ2) is 5.96. The van der Waals surface area contributed by atoms with Crippen molar-refractivity contribution in [2.75, 3.05) is 7.05 Å². The van der Waals surface area contributed by atoms with Gasteiger partial charge in [0.2, 0.25) is 0 Å². The summed E-state index contributed by atoms with van der Waals surface area (Å²) in [6.45, 7) is 0.227. The number of aromatic nitrogens is 2. The minimum Gasteiger partial charge on any atom is -0.248 e. The molecular formula is C11H12ClN3O2S2. The van der Waals surface area contributed by atoms with Crippen LogP contribution < -0.4 is 0 Å². The molecule has 2 rings (SSSR count). The number of nitrogens with zero attached hydrogens (tertiary/aromatic N) is 3. The number of rotatable bonds is 5. The highest BCUT2D eigenvalue weighted by molar-refractivity contribution is 7.89. The van der Waals surface area contributed by atoms with Crippen LogP contribution in [0.4, 0.5) is 0 Å². The van der Waals surface area contributed by atoms with Gasteiger partial charge in [0, 0.05) is 24.5 Å². The lowest BCUT2D eigenvalue weighted by atomic mass is 10.3. The summed E-state index contributed by atoms with van der Waals surface area (Å²) >= 11 is 7.07. The van der Waals surface area contributed by atoms with Crippen LogP contribution in [0.5, 0.6) is 0 Å². The summed E-state index contributed by atoms with van der Waals surface area (Å²) in [6, 6.07) is 3.12. The summed E-state index contributed by atoms with van der Waals surface area (Å²) in [7, 11) is -2.09. The van der Waals surface area contributed by atoms with Crippen molar-refractivity contribution in [3.8, 4) is 0 Å². The second-order valence-corrected chi connectivity index (χ2v) is 6.86. The van der Waals surface area contributed by atoms with Crippen molar-refractivity contribution in [2.24, 2.45) is 0 Å². The molecule has 5 nitrogen and oxygen atoms in total. The molecule has 0 radical (unpaired) electrons. The lowest BCUT2D eigenvalue weighted by Gasteiger charge is -2.15. The predicted molar refractivity (Wildman–Crippen MR) is 74.6 cm³/mol. The van der Waals surface area contributed by atoms with E-state index >= 15 is 0 Å². The van der Waals surface area contributed by atoms with Gasteiger partial charge in [-0.1, -0.05) is 6.07 Å². The molecule has 0 aliphatic carbocycles. The fourth-order valence-electron chi connectivity index (χ4n) is 1.43.